The molecule has 0 spiro atoms. The molecule has 1 heterocycles. The molecule has 33 heavy (non-hydrogen) atoms. The summed E-state index contributed by atoms with van der Waals surface area (Å²) in [5.41, 5.74) is 0. The molecule has 200 valence electrons. The van der Waals surface area contributed by atoms with Crippen LogP contribution in [-0.2, 0) is 4.74 Å². The molecule has 9 atom stereocenters. The van der Waals surface area contributed by atoms with E-state index in [1.54, 1.807) is 7.05 Å². The molecule has 1 aliphatic rings. The summed E-state index contributed by atoms with van der Waals surface area (Å²) in [6.45, 7) is 1.84. The predicted molar refractivity (Wildman–Crippen MR) is 120 cm³/mol. The van der Waals surface area contributed by atoms with Crippen LogP contribution < -0.4 is 10.6 Å². The van der Waals surface area contributed by atoms with Crippen LogP contribution in [0.15, 0.2) is 0 Å². The summed E-state index contributed by atoms with van der Waals surface area (Å²) in [7, 11) is 1.57. The van der Waals surface area contributed by atoms with Crippen LogP contribution in [0, 0.1) is 0 Å². The van der Waals surface area contributed by atoms with Gasteiger partial charge in [-0.1, -0.05) is 39.0 Å². The molecule has 0 aromatic rings. The first kappa shape index (κ1) is 32.5. The maximum absolute atomic E-state index is 9.92. The maximum atomic E-state index is 9.92. The number of rotatable bonds is 15. The van der Waals surface area contributed by atoms with Gasteiger partial charge < -0.3 is 61.3 Å². The molecule has 5 unspecified atom stereocenters. The zero-order valence-electron chi connectivity index (χ0n) is 19.7. The van der Waals surface area contributed by atoms with Crippen LogP contribution in [0.4, 0.5) is 0 Å². The second kappa shape index (κ2) is 18.8. The Bertz CT molecular complexity index is 465. The minimum Gasteiger partial charge on any atom is -0.394 e. The third-order valence-corrected chi connectivity index (χ3v) is 5.55. The van der Waals surface area contributed by atoms with Gasteiger partial charge in [0.15, 0.2) is 6.29 Å². The molecule has 12 nitrogen and oxygen atoms in total. The highest BCUT2D eigenvalue weighted by Gasteiger charge is 2.43. The van der Waals surface area contributed by atoms with Crippen molar-refractivity contribution in [3.8, 4) is 0 Å². The van der Waals surface area contributed by atoms with Crippen molar-refractivity contribution in [2.24, 2.45) is 0 Å². The average molecular weight is 487 g/mol. The highest BCUT2D eigenvalue weighted by atomic mass is 16.6. The van der Waals surface area contributed by atoms with E-state index in [2.05, 4.69) is 17.6 Å². The fourth-order valence-electron chi connectivity index (χ4n) is 3.39. The van der Waals surface area contributed by atoms with Crippen molar-refractivity contribution in [2.75, 3.05) is 33.4 Å². The van der Waals surface area contributed by atoms with Crippen LogP contribution in [0.25, 0.3) is 0 Å². The van der Waals surface area contributed by atoms with E-state index < -0.39 is 68.3 Å². The Morgan fingerprint density at radius 2 is 1.39 bits per heavy atom. The molecule has 11 N–H and O–H groups in total. The lowest BCUT2D eigenvalue weighted by atomic mass is 9.97. The molecule has 1 aliphatic heterocycles. The quantitative estimate of drug-likeness (QED) is 0.101. The molecule has 0 saturated carbocycles. The number of aliphatic hydroxyl groups excluding tert-OH is 9. The zero-order valence-corrected chi connectivity index (χ0v) is 19.7. The first-order chi connectivity index (χ1) is 15.7. The van der Waals surface area contributed by atoms with Gasteiger partial charge in [0.2, 0.25) is 0 Å². The minimum absolute atomic E-state index is 0.0936. The number of ether oxygens (including phenoxy) is 1. The molecule has 0 amide bonds. The Hall–Kier alpha value is -0.480. The summed E-state index contributed by atoms with van der Waals surface area (Å²) >= 11 is 0. The van der Waals surface area contributed by atoms with Crippen molar-refractivity contribution in [1.29, 1.82) is 0 Å². The van der Waals surface area contributed by atoms with E-state index in [0.717, 1.165) is 12.8 Å². The van der Waals surface area contributed by atoms with Crippen molar-refractivity contribution in [3.63, 3.8) is 0 Å². The van der Waals surface area contributed by atoms with E-state index in [0.29, 0.717) is 6.54 Å². The Morgan fingerprint density at radius 1 is 0.818 bits per heavy atom. The molecule has 1 rings (SSSR count). The molecule has 12 heteroatoms. The largest absolute Gasteiger partial charge is 0.394 e. The van der Waals surface area contributed by atoms with Crippen LogP contribution in [0.2, 0.25) is 0 Å². The van der Waals surface area contributed by atoms with Gasteiger partial charge in [-0.15, -0.1) is 0 Å². The van der Waals surface area contributed by atoms with Crippen LogP contribution in [0.3, 0.4) is 0 Å². The number of aliphatic hydroxyl groups is 9. The average Bonchev–Trinajstić information content (AvgIpc) is 2.81. The topological polar surface area (TPSA) is 215 Å². The van der Waals surface area contributed by atoms with Gasteiger partial charge in [0.25, 0.3) is 0 Å². The fraction of sp³-hybridized carbons (Fsp3) is 1.00. The van der Waals surface area contributed by atoms with Gasteiger partial charge in [-0.3, -0.25) is 0 Å². The van der Waals surface area contributed by atoms with Gasteiger partial charge in [-0.05, 0) is 20.0 Å². The summed E-state index contributed by atoms with van der Waals surface area (Å²) in [5, 5.41) is 88.9. The van der Waals surface area contributed by atoms with E-state index in [4.69, 9.17) is 30.3 Å². The number of likely N-dealkylation sites (N-methyl/N-ethyl adjacent to an activating group) is 1. The molecule has 0 radical (unpaired) electrons. The maximum Gasteiger partial charge on any atom is 0.173 e. The molecule has 0 aromatic carbocycles. The van der Waals surface area contributed by atoms with Crippen molar-refractivity contribution in [3.05, 3.63) is 0 Å². The summed E-state index contributed by atoms with van der Waals surface area (Å²) in [5.74, 6) is 0. The third-order valence-electron chi connectivity index (χ3n) is 5.55. The van der Waals surface area contributed by atoms with Crippen molar-refractivity contribution in [2.45, 2.75) is 101 Å². The highest BCUT2D eigenvalue weighted by molar-refractivity contribution is 4.92. The summed E-state index contributed by atoms with van der Waals surface area (Å²) in [6, 6.07) is -0.719. The second-order valence-corrected chi connectivity index (χ2v) is 8.33. The molecule has 1 saturated heterocycles. The van der Waals surface area contributed by atoms with Gasteiger partial charge >= 0.3 is 0 Å². The lowest BCUT2D eigenvalue weighted by molar-refractivity contribution is -0.254. The van der Waals surface area contributed by atoms with E-state index in [-0.39, 0.29) is 6.54 Å². The summed E-state index contributed by atoms with van der Waals surface area (Å²) < 4.78 is 5.07. The summed E-state index contributed by atoms with van der Waals surface area (Å²) in [6.07, 6.45) is -3.16. The number of hydrogen-bond donors (Lipinski definition) is 11. The second-order valence-electron chi connectivity index (χ2n) is 8.33. The van der Waals surface area contributed by atoms with Gasteiger partial charge in [0, 0.05) is 6.54 Å². The lowest BCUT2D eigenvalue weighted by Crippen LogP contribution is -2.63. The van der Waals surface area contributed by atoms with Crippen molar-refractivity contribution < 1.29 is 50.7 Å². The van der Waals surface area contributed by atoms with Gasteiger partial charge in [-0.25, -0.2) is 0 Å². The smallest absolute Gasteiger partial charge is 0.173 e. The van der Waals surface area contributed by atoms with Crippen LogP contribution in [-0.4, -0.2) is 134 Å². The van der Waals surface area contributed by atoms with Crippen molar-refractivity contribution in [1.82, 2.24) is 10.6 Å². The number of unbranched alkanes of at least 4 members (excludes halogenated alkanes) is 5. The molecule has 1 fully saturated rings. The van der Waals surface area contributed by atoms with Gasteiger partial charge in [0.05, 0.1) is 25.4 Å². The SMILES string of the molecule is CCCCCCCCN[C@H]1C(O)O[C@H](CO)[C@@H](O)[C@@H]1O.CNCC(O)C(O)C(O)C(O)CO. The molecule has 0 bridgehead atoms. The molecular weight excluding hydrogens is 440 g/mol. The summed E-state index contributed by atoms with van der Waals surface area (Å²) in [4.78, 5) is 0. The zero-order chi connectivity index (χ0) is 25.4. The van der Waals surface area contributed by atoms with Gasteiger partial charge in [-0.2, -0.15) is 0 Å². The normalized spacial score (nSPS) is 29.0. The first-order valence-corrected chi connectivity index (χ1v) is 11.7. The molecule has 0 aliphatic carbocycles. The Labute approximate surface area is 195 Å². The van der Waals surface area contributed by atoms with Crippen LogP contribution >= 0.6 is 0 Å². The van der Waals surface area contributed by atoms with Gasteiger partial charge in [0.1, 0.15) is 36.6 Å². The highest BCUT2D eigenvalue weighted by Crippen LogP contribution is 2.19. The first-order valence-electron chi connectivity index (χ1n) is 11.7. The van der Waals surface area contributed by atoms with E-state index in [1.165, 1.54) is 25.7 Å². The number of hydrogen-bond acceptors (Lipinski definition) is 12. The fourth-order valence-corrected chi connectivity index (χ4v) is 3.39. The van der Waals surface area contributed by atoms with Crippen LogP contribution in [0.5, 0.6) is 0 Å². The third kappa shape index (κ3) is 12.2. The molecule has 0 aromatic heterocycles. The van der Waals surface area contributed by atoms with Crippen LogP contribution in [0.1, 0.15) is 45.4 Å². The van der Waals surface area contributed by atoms with Crippen molar-refractivity contribution >= 4 is 0 Å². The molecular formula is C21H46N2O10. The van der Waals surface area contributed by atoms with E-state index >= 15 is 0 Å². The Balaban J connectivity index is 0.000000684. The Kier molecular flexibility index (Phi) is 18.5. The number of nitrogens with one attached hydrogen (secondary N) is 2. The van der Waals surface area contributed by atoms with E-state index in [9.17, 15) is 20.4 Å². The standard InChI is InChI=1S/C14H29NO5.C7H17NO5/c1-2-3-4-5-6-7-8-15-11-13(18)12(17)10(9-16)20-14(11)19;1-8-2-4(10)6(12)7(13)5(11)3-9/h10-19H,2-9H2,1H3;4-13H,2-3H2,1H3/t10-,11-,12-,13-,14?;/m1./s1. The Morgan fingerprint density at radius 3 is 1.94 bits per heavy atom. The van der Waals surface area contributed by atoms with E-state index in [1.807, 2.05) is 0 Å². The minimum atomic E-state index is -1.55. The predicted octanol–water partition coefficient (Wildman–Crippen LogP) is -3.62. The monoisotopic (exact) mass is 486 g/mol. The lowest BCUT2D eigenvalue weighted by Gasteiger charge is -2.40.